The quantitative estimate of drug-likeness (QED) is 0.241. The molecule has 0 aliphatic carbocycles. The van der Waals surface area contributed by atoms with Crippen LogP contribution in [0.3, 0.4) is 0 Å². The Kier molecular flexibility index (Phi) is 6.96. The van der Waals surface area contributed by atoms with Crippen molar-refractivity contribution >= 4 is 5.96 Å². The highest BCUT2D eigenvalue weighted by Crippen LogP contribution is 2.19. The molecule has 0 spiro atoms. The number of hydrogen-bond donors (Lipinski definition) is 2. The average molecular weight is 242 g/mol. The molecule has 1 fully saturated rings. The van der Waals surface area contributed by atoms with Crippen LogP contribution in [0, 0.1) is 0 Å². The molecule has 1 atom stereocenters. The molecule has 17 heavy (non-hydrogen) atoms. The van der Waals surface area contributed by atoms with Gasteiger partial charge < -0.3 is 9.64 Å². The highest BCUT2D eigenvalue weighted by molar-refractivity contribution is 5.80. The van der Waals surface area contributed by atoms with Gasteiger partial charge in [0, 0.05) is 32.3 Å². The van der Waals surface area contributed by atoms with E-state index in [2.05, 4.69) is 22.2 Å². The third-order valence-corrected chi connectivity index (χ3v) is 3.16. The maximum Gasteiger partial charge on any atom is 0.208 e. The summed E-state index contributed by atoms with van der Waals surface area (Å²) >= 11 is 0. The molecule has 100 valence electrons. The average Bonchev–Trinajstić information content (AvgIpc) is 2.82. The molecule has 5 nitrogen and oxygen atoms in total. The van der Waals surface area contributed by atoms with E-state index in [0.717, 1.165) is 45.1 Å². The summed E-state index contributed by atoms with van der Waals surface area (Å²) in [4.78, 5) is 6.81. The predicted octanol–water partition coefficient (Wildman–Crippen LogP) is 1.11. The van der Waals surface area contributed by atoms with E-state index in [-0.39, 0.29) is 0 Å². The second-order valence-electron chi connectivity index (χ2n) is 4.30. The van der Waals surface area contributed by atoms with Crippen LogP contribution in [0.2, 0.25) is 0 Å². The lowest BCUT2D eigenvalue weighted by Crippen LogP contribution is -2.47. The number of rotatable bonds is 6. The molecule has 0 amide bonds. The Bertz CT molecular complexity index is 233. The van der Waals surface area contributed by atoms with Gasteiger partial charge in [0.05, 0.1) is 0 Å². The number of likely N-dealkylation sites (tertiary alicyclic amines) is 1. The minimum Gasteiger partial charge on any atom is -0.382 e. The van der Waals surface area contributed by atoms with Crippen LogP contribution >= 0.6 is 0 Å². The van der Waals surface area contributed by atoms with Gasteiger partial charge in [0.1, 0.15) is 0 Å². The van der Waals surface area contributed by atoms with Crippen molar-refractivity contribution in [3.05, 3.63) is 0 Å². The molecule has 0 aromatic heterocycles. The molecule has 0 saturated carbocycles. The zero-order valence-corrected chi connectivity index (χ0v) is 11.1. The van der Waals surface area contributed by atoms with E-state index in [4.69, 9.17) is 10.6 Å². The summed E-state index contributed by atoms with van der Waals surface area (Å²) in [6, 6.07) is 0.594. The maximum absolute atomic E-state index is 5.56. The first-order valence-corrected chi connectivity index (χ1v) is 6.68. The van der Waals surface area contributed by atoms with Crippen molar-refractivity contribution in [2.45, 2.75) is 45.6 Å². The smallest absolute Gasteiger partial charge is 0.208 e. The lowest BCUT2D eigenvalue weighted by molar-refractivity contribution is 0.146. The molecule has 5 heteroatoms. The Morgan fingerprint density at radius 2 is 2.35 bits per heavy atom. The molecule has 1 rings (SSSR count). The fraction of sp³-hybridized carbons (Fsp3) is 0.917. The van der Waals surface area contributed by atoms with Crippen LogP contribution in [-0.2, 0) is 4.74 Å². The van der Waals surface area contributed by atoms with Gasteiger partial charge in [-0.05, 0) is 32.6 Å². The SMILES string of the molecule is CCOCCCN=C(NN)N1CCCC1CC. The van der Waals surface area contributed by atoms with Gasteiger partial charge in [-0.15, -0.1) is 0 Å². The number of nitrogens with two attached hydrogens (primary N) is 1. The van der Waals surface area contributed by atoms with Crippen LogP contribution in [-0.4, -0.2) is 43.2 Å². The van der Waals surface area contributed by atoms with Crippen molar-refractivity contribution in [2.75, 3.05) is 26.3 Å². The van der Waals surface area contributed by atoms with Crippen molar-refractivity contribution in [1.82, 2.24) is 10.3 Å². The van der Waals surface area contributed by atoms with Crippen molar-refractivity contribution in [3.63, 3.8) is 0 Å². The summed E-state index contributed by atoms with van der Waals surface area (Å²) in [5.41, 5.74) is 2.73. The second kappa shape index (κ2) is 8.31. The Hall–Kier alpha value is -0.810. The van der Waals surface area contributed by atoms with Crippen LogP contribution in [0.15, 0.2) is 4.99 Å². The molecular weight excluding hydrogens is 216 g/mol. The summed E-state index contributed by atoms with van der Waals surface area (Å²) in [6.45, 7) is 7.60. The molecule has 1 aliphatic rings. The number of guanidine groups is 1. The van der Waals surface area contributed by atoms with Gasteiger partial charge in [-0.2, -0.15) is 0 Å². The van der Waals surface area contributed by atoms with Gasteiger partial charge in [-0.25, -0.2) is 5.84 Å². The largest absolute Gasteiger partial charge is 0.382 e. The van der Waals surface area contributed by atoms with Gasteiger partial charge in [0.15, 0.2) is 0 Å². The van der Waals surface area contributed by atoms with E-state index in [0.29, 0.717) is 6.04 Å². The maximum atomic E-state index is 5.56. The number of nitrogens with one attached hydrogen (secondary N) is 1. The second-order valence-corrected chi connectivity index (χ2v) is 4.30. The highest BCUT2D eigenvalue weighted by Gasteiger charge is 2.25. The first-order chi connectivity index (χ1) is 8.33. The zero-order chi connectivity index (χ0) is 12.5. The van der Waals surface area contributed by atoms with Crippen molar-refractivity contribution < 1.29 is 4.74 Å². The van der Waals surface area contributed by atoms with Gasteiger partial charge in [0.25, 0.3) is 0 Å². The third kappa shape index (κ3) is 4.52. The minimum atomic E-state index is 0.594. The fourth-order valence-electron chi connectivity index (χ4n) is 2.25. The topological polar surface area (TPSA) is 62.9 Å². The van der Waals surface area contributed by atoms with Crippen molar-refractivity contribution in [3.8, 4) is 0 Å². The molecule has 0 radical (unpaired) electrons. The van der Waals surface area contributed by atoms with E-state index in [9.17, 15) is 0 Å². The molecular formula is C12H26N4O. The van der Waals surface area contributed by atoms with E-state index < -0.39 is 0 Å². The number of aliphatic imine (C=N–C) groups is 1. The van der Waals surface area contributed by atoms with Crippen LogP contribution in [0.1, 0.15) is 39.5 Å². The molecule has 0 aromatic rings. The van der Waals surface area contributed by atoms with Crippen LogP contribution in [0.4, 0.5) is 0 Å². The van der Waals surface area contributed by atoms with Crippen LogP contribution < -0.4 is 11.3 Å². The molecule has 0 aromatic carbocycles. The van der Waals surface area contributed by atoms with Crippen molar-refractivity contribution in [2.24, 2.45) is 10.8 Å². The van der Waals surface area contributed by atoms with Gasteiger partial charge in [0.2, 0.25) is 5.96 Å². The van der Waals surface area contributed by atoms with Gasteiger partial charge in [-0.1, -0.05) is 6.92 Å². The van der Waals surface area contributed by atoms with Crippen LogP contribution in [0.5, 0.6) is 0 Å². The standard InChI is InChI=1S/C12H26N4O/c1-3-11-7-5-9-16(11)12(15-13)14-8-6-10-17-4-2/h11H,3-10,13H2,1-2H3,(H,14,15). The molecule has 1 saturated heterocycles. The normalized spacial score (nSPS) is 21.0. The Labute approximate surface area is 104 Å². The Morgan fingerprint density at radius 1 is 1.53 bits per heavy atom. The first kappa shape index (κ1) is 14.3. The summed E-state index contributed by atoms with van der Waals surface area (Å²) < 4.78 is 5.28. The van der Waals surface area contributed by atoms with E-state index in [1.165, 1.54) is 12.8 Å². The number of ether oxygens (including phenoxy) is 1. The third-order valence-electron chi connectivity index (χ3n) is 3.16. The lowest BCUT2D eigenvalue weighted by atomic mass is 10.2. The minimum absolute atomic E-state index is 0.594. The summed E-state index contributed by atoms with van der Waals surface area (Å²) in [5, 5.41) is 0. The summed E-state index contributed by atoms with van der Waals surface area (Å²) in [7, 11) is 0. The van der Waals surface area contributed by atoms with Crippen LogP contribution in [0.25, 0.3) is 0 Å². The monoisotopic (exact) mass is 242 g/mol. The fourth-order valence-corrected chi connectivity index (χ4v) is 2.25. The molecule has 0 bridgehead atoms. The van der Waals surface area contributed by atoms with Gasteiger partial charge >= 0.3 is 0 Å². The Morgan fingerprint density at radius 3 is 3.00 bits per heavy atom. The molecule has 1 aliphatic heterocycles. The summed E-state index contributed by atoms with van der Waals surface area (Å²) in [5.74, 6) is 6.40. The molecule has 1 heterocycles. The van der Waals surface area contributed by atoms with E-state index in [1.807, 2.05) is 6.92 Å². The van der Waals surface area contributed by atoms with Crippen molar-refractivity contribution in [1.29, 1.82) is 0 Å². The Balaban J connectivity index is 2.38. The van der Waals surface area contributed by atoms with Gasteiger partial charge in [-0.3, -0.25) is 10.4 Å². The highest BCUT2D eigenvalue weighted by atomic mass is 16.5. The van der Waals surface area contributed by atoms with E-state index >= 15 is 0 Å². The first-order valence-electron chi connectivity index (χ1n) is 6.68. The zero-order valence-electron chi connectivity index (χ0n) is 11.1. The molecule has 1 unspecified atom stereocenters. The van der Waals surface area contributed by atoms with E-state index in [1.54, 1.807) is 0 Å². The predicted molar refractivity (Wildman–Crippen MR) is 70.8 cm³/mol. The molecule has 3 N–H and O–H groups in total. The lowest BCUT2D eigenvalue weighted by Gasteiger charge is -2.26. The number of nitrogens with zero attached hydrogens (tertiary/aromatic N) is 2. The number of hydrazine groups is 1. The summed E-state index contributed by atoms with van der Waals surface area (Å²) in [6.07, 6.45) is 4.58. The number of hydrogen-bond acceptors (Lipinski definition) is 3.